The number of halogens is 2. The topological polar surface area (TPSA) is 17.8 Å². The Morgan fingerprint density at radius 3 is 3.00 bits per heavy atom. The Bertz CT molecular complexity index is 450. The van der Waals surface area contributed by atoms with E-state index in [-0.39, 0.29) is 0 Å². The van der Waals surface area contributed by atoms with E-state index in [1.54, 1.807) is 0 Å². The quantitative estimate of drug-likeness (QED) is 0.720. The van der Waals surface area contributed by atoms with Crippen LogP contribution in [-0.4, -0.2) is 9.78 Å². The van der Waals surface area contributed by atoms with Crippen LogP contribution in [0.5, 0.6) is 0 Å². The summed E-state index contributed by atoms with van der Waals surface area (Å²) in [5.74, 6) is 0. The number of benzene rings is 1. The van der Waals surface area contributed by atoms with Gasteiger partial charge in [-0.15, -0.1) is 0 Å². The predicted molar refractivity (Wildman–Crippen MR) is 58.4 cm³/mol. The second-order valence-electron chi connectivity index (χ2n) is 2.84. The molecule has 0 atom stereocenters. The molecule has 2 rings (SSSR count). The van der Waals surface area contributed by atoms with Gasteiger partial charge in [0, 0.05) is 17.8 Å². The lowest BCUT2D eigenvalue weighted by Gasteiger charge is -1.97. The molecule has 0 radical (unpaired) electrons. The number of hydrogen-bond acceptors (Lipinski definition) is 1. The van der Waals surface area contributed by atoms with Crippen molar-refractivity contribution in [2.75, 3.05) is 0 Å². The summed E-state index contributed by atoms with van der Waals surface area (Å²) >= 11 is 9.50. The molecule has 0 unspecified atom stereocenters. The number of rotatable bonds is 1. The predicted octanol–water partition coefficient (Wildman–Crippen LogP) is 3.12. The van der Waals surface area contributed by atoms with Crippen molar-refractivity contribution in [2.45, 2.75) is 5.33 Å². The van der Waals surface area contributed by atoms with Crippen molar-refractivity contribution < 1.29 is 0 Å². The third kappa shape index (κ3) is 1.36. The first-order chi connectivity index (χ1) is 6.24. The van der Waals surface area contributed by atoms with Crippen LogP contribution in [0.4, 0.5) is 0 Å². The summed E-state index contributed by atoms with van der Waals surface area (Å²) in [7, 11) is 1.92. The lowest BCUT2D eigenvalue weighted by Crippen LogP contribution is -1.94. The summed E-state index contributed by atoms with van der Waals surface area (Å²) < 4.78 is 1.85. The molecular formula is C9H8BrClN2. The number of aromatic nitrogens is 2. The summed E-state index contributed by atoms with van der Waals surface area (Å²) in [6.45, 7) is 0. The van der Waals surface area contributed by atoms with E-state index < -0.39 is 0 Å². The van der Waals surface area contributed by atoms with Crippen LogP contribution in [0.15, 0.2) is 18.2 Å². The summed E-state index contributed by atoms with van der Waals surface area (Å²) in [6, 6.07) is 5.76. The SMILES string of the molecule is Cn1nc2cccc(Cl)c2c1CBr. The Kier molecular flexibility index (Phi) is 2.30. The molecule has 0 saturated carbocycles. The molecule has 2 aromatic rings. The van der Waals surface area contributed by atoms with E-state index in [4.69, 9.17) is 11.6 Å². The van der Waals surface area contributed by atoms with E-state index in [1.807, 2.05) is 29.9 Å². The van der Waals surface area contributed by atoms with E-state index in [1.165, 1.54) is 0 Å². The van der Waals surface area contributed by atoms with Gasteiger partial charge < -0.3 is 0 Å². The van der Waals surface area contributed by atoms with Crippen molar-refractivity contribution in [1.82, 2.24) is 9.78 Å². The first-order valence-corrected chi connectivity index (χ1v) is 5.40. The maximum absolute atomic E-state index is 6.08. The number of nitrogens with zero attached hydrogens (tertiary/aromatic N) is 2. The van der Waals surface area contributed by atoms with Gasteiger partial charge in [0.2, 0.25) is 0 Å². The molecule has 0 bridgehead atoms. The molecule has 0 N–H and O–H groups in total. The van der Waals surface area contributed by atoms with E-state index in [2.05, 4.69) is 21.0 Å². The third-order valence-electron chi connectivity index (χ3n) is 2.06. The fraction of sp³-hybridized carbons (Fsp3) is 0.222. The summed E-state index contributed by atoms with van der Waals surface area (Å²) in [5.41, 5.74) is 2.06. The zero-order chi connectivity index (χ0) is 9.42. The highest BCUT2D eigenvalue weighted by Gasteiger charge is 2.09. The van der Waals surface area contributed by atoms with Gasteiger partial charge in [-0.2, -0.15) is 5.10 Å². The molecule has 13 heavy (non-hydrogen) atoms. The van der Waals surface area contributed by atoms with Gasteiger partial charge in [0.15, 0.2) is 0 Å². The lowest BCUT2D eigenvalue weighted by atomic mass is 10.2. The fourth-order valence-corrected chi connectivity index (χ4v) is 2.34. The highest BCUT2D eigenvalue weighted by molar-refractivity contribution is 9.08. The Labute approximate surface area is 89.6 Å². The van der Waals surface area contributed by atoms with Crippen LogP contribution < -0.4 is 0 Å². The smallest absolute Gasteiger partial charge is 0.0941 e. The molecule has 1 heterocycles. The van der Waals surface area contributed by atoms with Crippen molar-refractivity contribution in [1.29, 1.82) is 0 Å². The van der Waals surface area contributed by atoms with E-state index in [0.717, 1.165) is 26.9 Å². The molecule has 0 saturated heterocycles. The third-order valence-corrected chi connectivity index (χ3v) is 2.90. The monoisotopic (exact) mass is 258 g/mol. The Morgan fingerprint density at radius 2 is 2.31 bits per heavy atom. The number of alkyl halides is 1. The zero-order valence-electron chi connectivity index (χ0n) is 7.09. The summed E-state index contributed by atoms with van der Waals surface area (Å²) in [6.07, 6.45) is 0. The number of hydrogen-bond donors (Lipinski definition) is 0. The van der Waals surface area contributed by atoms with Gasteiger partial charge in [-0.3, -0.25) is 4.68 Å². The minimum Gasteiger partial charge on any atom is -0.271 e. The zero-order valence-corrected chi connectivity index (χ0v) is 9.43. The molecule has 4 heteroatoms. The number of fused-ring (bicyclic) bond motifs is 1. The van der Waals surface area contributed by atoms with Crippen molar-refractivity contribution in [2.24, 2.45) is 7.05 Å². The van der Waals surface area contributed by atoms with Crippen LogP contribution in [-0.2, 0) is 12.4 Å². The fourth-order valence-electron chi connectivity index (χ4n) is 1.42. The molecule has 68 valence electrons. The molecule has 0 amide bonds. The molecule has 0 spiro atoms. The first-order valence-electron chi connectivity index (χ1n) is 3.90. The maximum Gasteiger partial charge on any atom is 0.0941 e. The average Bonchev–Trinajstić information content (AvgIpc) is 2.42. The second-order valence-corrected chi connectivity index (χ2v) is 3.81. The minimum atomic E-state index is 0.764. The molecule has 0 aliphatic carbocycles. The van der Waals surface area contributed by atoms with Crippen molar-refractivity contribution in [3.05, 3.63) is 28.9 Å². The van der Waals surface area contributed by atoms with E-state index >= 15 is 0 Å². The maximum atomic E-state index is 6.08. The Hall–Kier alpha value is -0.540. The van der Waals surface area contributed by atoms with Crippen LogP contribution in [0.1, 0.15) is 5.69 Å². The van der Waals surface area contributed by atoms with Gasteiger partial charge in [-0.25, -0.2) is 0 Å². The van der Waals surface area contributed by atoms with E-state index in [0.29, 0.717) is 0 Å². The second kappa shape index (κ2) is 3.31. The molecule has 1 aromatic carbocycles. The largest absolute Gasteiger partial charge is 0.271 e. The van der Waals surface area contributed by atoms with Crippen LogP contribution in [0.25, 0.3) is 10.9 Å². The van der Waals surface area contributed by atoms with Crippen LogP contribution in [0.3, 0.4) is 0 Å². The summed E-state index contributed by atoms with van der Waals surface area (Å²) in [4.78, 5) is 0. The Morgan fingerprint density at radius 1 is 1.54 bits per heavy atom. The van der Waals surface area contributed by atoms with Gasteiger partial charge in [-0.05, 0) is 12.1 Å². The molecule has 0 fully saturated rings. The average molecular weight is 260 g/mol. The van der Waals surface area contributed by atoms with Crippen LogP contribution >= 0.6 is 27.5 Å². The van der Waals surface area contributed by atoms with Gasteiger partial charge in [0.1, 0.15) is 0 Å². The van der Waals surface area contributed by atoms with Gasteiger partial charge in [0.25, 0.3) is 0 Å². The van der Waals surface area contributed by atoms with Gasteiger partial charge in [0.05, 0.1) is 16.2 Å². The molecule has 0 aliphatic heterocycles. The molecule has 0 aliphatic rings. The highest BCUT2D eigenvalue weighted by Crippen LogP contribution is 2.27. The molecule has 1 aromatic heterocycles. The normalized spacial score (nSPS) is 11.0. The standard InChI is InChI=1S/C9H8BrClN2/c1-13-8(5-10)9-6(11)3-2-4-7(9)12-13/h2-4H,5H2,1H3. The van der Waals surface area contributed by atoms with E-state index in [9.17, 15) is 0 Å². The number of aryl methyl sites for hydroxylation is 1. The minimum absolute atomic E-state index is 0.764. The van der Waals surface area contributed by atoms with Crippen molar-refractivity contribution in [3.8, 4) is 0 Å². The molecule has 2 nitrogen and oxygen atoms in total. The first kappa shape index (κ1) is 9.03. The van der Waals surface area contributed by atoms with Crippen LogP contribution in [0, 0.1) is 0 Å². The van der Waals surface area contributed by atoms with Crippen molar-refractivity contribution in [3.63, 3.8) is 0 Å². The highest BCUT2D eigenvalue weighted by atomic mass is 79.9. The van der Waals surface area contributed by atoms with Gasteiger partial charge >= 0.3 is 0 Å². The van der Waals surface area contributed by atoms with Crippen LogP contribution in [0.2, 0.25) is 5.02 Å². The molecular weight excluding hydrogens is 251 g/mol. The lowest BCUT2D eigenvalue weighted by molar-refractivity contribution is 0.748. The Balaban J connectivity index is 2.88. The van der Waals surface area contributed by atoms with Gasteiger partial charge in [-0.1, -0.05) is 33.6 Å². The van der Waals surface area contributed by atoms with Crippen molar-refractivity contribution >= 4 is 38.4 Å². The summed E-state index contributed by atoms with van der Waals surface area (Å²) in [5, 5.41) is 6.92.